The summed E-state index contributed by atoms with van der Waals surface area (Å²) in [7, 11) is 0. The molecular weight excluding hydrogens is 314 g/mol. The van der Waals surface area contributed by atoms with Crippen LogP contribution in [0.5, 0.6) is 5.75 Å². The van der Waals surface area contributed by atoms with Gasteiger partial charge < -0.3 is 9.64 Å². The van der Waals surface area contributed by atoms with E-state index in [0.717, 1.165) is 12.8 Å². The number of piperidine rings is 1. The SMILES string of the molecule is CCCCC(=O)N1CCC2(CC1)CC(=O)c1cc(Cl)ccc1O2. The van der Waals surface area contributed by atoms with E-state index in [1.54, 1.807) is 18.2 Å². The minimum atomic E-state index is -0.459. The first-order valence-corrected chi connectivity index (χ1v) is 8.70. The molecule has 1 amide bonds. The number of hydrogen-bond acceptors (Lipinski definition) is 3. The summed E-state index contributed by atoms with van der Waals surface area (Å²) in [5.41, 5.74) is 0.115. The molecule has 2 aliphatic rings. The summed E-state index contributed by atoms with van der Waals surface area (Å²) in [5.74, 6) is 0.923. The fourth-order valence-electron chi connectivity index (χ4n) is 3.39. The lowest BCUT2D eigenvalue weighted by molar-refractivity contribution is -0.134. The summed E-state index contributed by atoms with van der Waals surface area (Å²) < 4.78 is 6.18. The minimum Gasteiger partial charge on any atom is -0.486 e. The Bertz CT molecular complexity index is 621. The second-order valence-electron chi connectivity index (χ2n) is 6.51. The smallest absolute Gasteiger partial charge is 0.222 e. The van der Waals surface area contributed by atoms with Crippen LogP contribution in [0, 0.1) is 0 Å². The van der Waals surface area contributed by atoms with Crippen LogP contribution < -0.4 is 4.74 Å². The van der Waals surface area contributed by atoms with Crippen LogP contribution in [0.25, 0.3) is 0 Å². The van der Waals surface area contributed by atoms with Crippen LogP contribution in [-0.2, 0) is 4.79 Å². The number of hydrogen-bond donors (Lipinski definition) is 0. The zero-order valence-corrected chi connectivity index (χ0v) is 14.2. The predicted octanol–water partition coefficient (Wildman–Crippen LogP) is 3.86. The van der Waals surface area contributed by atoms with E-state index >= 15 is 0 Å². The monoisotopic (exact) mass is 335 g/mol. The third-order valence-electron chi connectivity index (χ3n) is 4.82. The number of unbranched alkanes of at least 4 members (excludes halogenated alkanes) is 1. The summed E-state index contributed by atoms with van der Waals surface area (Å²) in [4.78, 5) is 26.5. The van der Waals surface area contributed by atoms with Gasteiger partial charge in [-0.25, -0.2) is 0 Å². The zero-order valence-electron chi connectivity index (χ0n) is 13.4. The highest BCUT2D eigenvalue weighted by Gasteiger charge is 2.43. The number of nitrogens with zero attached hydrogens (tertiary/aromatic N) is 1. The van der Waals surface area contributed by atoms with Crippen molar-refractivity contribution >= 4 is 23.3 Å². The molecule has 5 heteroatoms. The molecule has 124 valence electrons. The molecule has 1 aromatic carbocycles. The number of Topliss-reactive ketones (excluding diaryl/α,β-unsaturated/α-hetero) is 1. The highest BCUT2D eigenvalue weighted by molar-refractivity contribution is 6.31. The van der Waals surface area contributed by atoms with Crippen LogP contribution in [0.3, 0.4) is 0 Å². The molecule has 1 spiro atoms. The average Bonchev–Trinajstić information content (AvgIpc) is 2.54. The topological polar surface area (TPSA) is 46.6 Å². The van der Waals surface area contributed by atoms with Gasteiger partial charge in [-0.2, -0.15) is 0 Å². The molecule has 0 unspecified atom stereocenters. The Kier molecular flexibility index (Phi) is 4.62. The molecule has 1 saturated heterocycles. The molecule has 4 nitrogen and oxygen atoms in total. The number of carbonyl (C=O) groups excluding carboxylic acids is 2. The Morgan fingerprint density at radius 1 is 1.35 bits per heavy atom. The van der Waals surface area contributed by atoms with E-state index in [2.05, 4.69) is 6.92 Å². The molecule has 0 radical (unpaired) electrons. The average molecular weight is 336 g/mol. The molecule has 2 heterocycles. The van der Waals surface area contributed by atoms with Crippen molar-refractivity contribution in [2.45, 2.75) is 51.0 Å². The van der Waals surface area contributed by atoms with Crippen LogP contribution in [0.4, 0.5) is 0 Å². The normalized spacial score (nSPS) is 19.4. The van der Waals surface area contributed by atoms with Gasteiger partial charge in [0, 0.05) is 37.4 Å². The Labute approximate surface area is 141 Å². The lowest BCUT2D eigenvalue weighted by Crippen LogP contribution is -2.52. The minimum absolute atomic E-state index is 0.0829. The number of rotatable bonds is 3. The van der Waals surface area contributed by atoms with Gasteiger partial charge in [0.05, 0.1) is 12.0 Å². The largest absolute Gasteiger partial charge is 0.486 e. The van der Waals surface area contributed by atoms with E-state index < -0.39 is 5.60 Å². The van der Waals surface area contributed by atoms with E-state index in [-0.39, 0.29) is 11.7 Å². The Balaban J connectivity index is 1.68. The molecule has 0 aliphatic carbocycles. The molecule has 23 heavy (non-hydrogen) atoms. The van der Waals surface area contributed by atoms with Crippen LogP contribution in [0.15, 0.2) is 18.2 Å². The highest BCUT2D eigenvalue weighted by Crippen LogP contribution is 2.40. The summed E-state index contributed by atoms with van der Waals surface area (Å²) in [6.45, 7) is 3.42. The van der Waals surface area contributed by atoms with Crippen LogP contribution in [0.1, 0.15) is 55.8 Å². The van der Waals surface area contributed by atoms with Crippen LogP contribution in [-0.4, -0.2) is 35.3 Å². The second-order valence-corrected chi connectivity index (χ2v) is 6.95. The standard InChI is InChI=1S/C18H22ClNO3/c1-2-3-4-17(22)20-9-7-18(8-10-20)12-15(21)14-11-13(19)5-6-16(14)23-18/h5-6,11H,2-4,7-10,12H2,1H3. The van der Waals surface area contributed by atoms with Gasteiger partial charge in [0.25, 0.3) is 0 Å². The number of ketones is 1. The molecular formula is C18H22ClNO3. The van der Waals surface area contributed by atoms with Crippen molar-refractivity contribution in [3.05, 3.63) is 28.8 Å². The number of carbonyl (C=O) groups is 2. The molecule has 0 bridgehead atoms. The van der Waals surface area contributed by atoms with Gasteiger partial charge in [0.1, 0.15) is 11.4 Å². The zero-order chi connectivity index (χ0) is 16.4. The van der Waals surface area contributed by atoms with E-state index in [1.807, 2.05) is 4.90 Å². The molecule has 0 N–H and O–H groups in total. The number of benzene rings is 1. The second kappa shape index (κ2) is 6.52. The third-order valence-corrected chi connectivity index (χ3v) is 5.06. The van der Waals surface area contributed by atoms with E-state index in [0.29, 0.717) is 55.1 Å². The molecule has 3 rings (SSSR count). The maximum absolute atomic E-state index is 12.4. The first-order chi connectivity index (χ1) is 11.0. The number of halogens is 1. The number of fused-ring (bicyclic) bond motifs is 1. The summed E-state index contributed by atoms with van der Waals surface area (Å²) in [6.07, 6.45) is 4.36. The lowest BCUT2D eigenvalue weighted by atomic mass is 9.82. The van der Waals surface area contributed by atoms with Crippen molar-refractivity contribution in [3.63, 3.8) is 0 Å². The third kappa shape index (κ3) is 3.37. The van der Waals surface area contributed by atoms with Crippen LogP contribution >= 0.6 is 11.6 Å². The molecule has 0 saturated carbocycles. The Morgan fingerprint density at radius 2 is 2.09 bits per heavy atom. The molecule has 0 atom stereocenters. The van der Waals surface area contributed by atoms with Crippen molar-refractivity contribution in [1.29, 1.82) is 0 Å². The van der Waals surface area contributed by atoms with Crippen molar-refractivity contribution < 1.29 is 14.3 Å². The van der Waals surface area contributed by atoms with Crippen molar-refractivity contribution in [3.8, 4) is 5.75 Å². The van der Waals surface area contributed by atoms with Crippen LogP contribution in [0.2, 0.25) is 5.02 Å². The first-order valence-electron chi connectivity index (χ1n) is 8.32. The first kappa shape index (κ1) is 16.3. The van der Waals surface area contributed by atoms with E-state index in [1.165, 1.54) is 0 Å². The number of amides is 1. The maximum Gasteiger partial charge on any atom is 0.222 e. The molecule has 0 aromatic heterocycles. The maximum atomic E-state index is 12.4. The summed E-state index contributed by atoms with van der Waals surface area (Å²) in [5, 5.41) is 0.549. The Morgan fingerprint density at radius 3 is 2.78 bits per heavy atom. The van der Waals surface area contributed by atoms with Gasteiger partial charge in [-0.15, -0.1) is 0 Å². The lowest BCUT2D eigenvalue weighted by Gasteiger charge is -2.44. The molecule has 1 aromatic rings. The van der Waals surface area contributed by atoms with Crippen molar-refractivity contribution in [2.24, 2.45) is 0 Å². The number of ether oxygens (including phenoxy) is 1. The molecule has 1 fully saturated rings. The quantitative estimate of drug-likeness (QED) is 0.842. The highest BCUT2D eigenvalue weighted by atomic mass is 35.5. The Hall–Kier alpha value is -1.55. The van der Waals surface area contributed by atoms with Gasteiger partial charge in [0.15, 0.2) is 5.78 Å². The predicted molar refractivity (Wildman–Crippen MR) is 89.1 cm³/mol. The van der Waals surface area contributed by atoms with Gasteiger partial charge >= 0.3 is 0 Å². The van der Waals surface area contributed by atoms with E-state index in [4.69, 9.17) is 16.3 Å². The van der Waals surface area contributed by atoms with Gasteiger partial charge in [0.2, 0.25) is 5.91 Å². The van der Waals surface area contributed by atoms with Crippen molar-refractivity contribution in [1.82, 2.24) is 4.90 Å². The van der Waals surface area contributed by atoms with Gasteiger partial charge in [-0.05, 0) is 24.6 Å². The van der Waals surface area contributed by atoms with Crippen molar-refractivity contribution in [2.75, 3.05) is 13.1 Å². The molecule has 2 aliphatic heterocycles. The van der Waals surface area contributed by atoms with Gasteiger partial charge in [-0.3, -0.25) is 9.59 Å². The fourth-order valence-corrected chi connectivity index (χ4v) is 3.57. The summed E-state index contributed by atoms with van der Waals surface area (Å²) in [6, 6.07) is 5.20. The van der Waals surface area contributed by atoms with E-state index in [9.17, 15) is 9.59 Å². The van der Waals surface area contributed by atoms with Gasteiger partial charge in [-0.1, -0.05) is 24.9 Å². The number of likely N-dealkylation sites (tertiary alicyclic amines) is 1. The fraction of sp³-hybridized carbons (Fsp3) is 0.556. The summed E-state index contributed by atoms with van der Waals surface area (Å²) >= 11 is 5.96.